The molecule has 2 rings (SSSR count). The monoisotopic (exact) mass is 189 g/mol. The van der Waals surface area contributed by atoms with Gasteiger partial charge in [-0.25, -0.2) is 0 Å². The number of aliphatic imine (C=N–C) groups is 1. The summed E-state index contributed by atoms with van der Waals surface area (Å²) in [5.41, 5.74) is -0.932. The maximum atomic E-state index is 11.7. The summed E-state index contributed by atoms with van der Waals surface area (Å²) in [5.74, 6) is -0.260. The molecule has 1 aromatic carbocycles. The number of carbonyl (C=O) groups is 1. The first-order valence-electron chi connectivity index (χ1n) is 4.51. The van der Waals surface area contributed by atoms with Gasteiger partial charge in [-0.15, -0.1) is 0 Å². The maximum absolute atomic E-state index is 11.7. The van der Waals surface area contributed by atoms with Crippen molar-refractivity contribution in [3.8, 4) is 0 Å². The molecule has 1 aliphatic heterocycles. The van der Waals surface area contributed by atoms with Gasteiger partial charge in [0.15, 0.2) is 11.4 Å². The second-order valence-electron chi connectivity index (χ2n) is 3.45. The molecule has 0 saturated heterocycles. The standard InChI is InChI=1S/C11H11NO2/c1-8-10(13)11(14,7-12-8)9-5-3-2-4-6-9/h2-8,14H,1H3. The zero-order chi connectivity index (χ0) is 10.2. The lowest BCUT2D eigenvalue weighted by Crippen LogP contribution is -2.36. The van der Waals surface area contributed by atoms with Gasteiger partial charge in [0.05, 0.1) is 0 Å². The van der Waals surface area contributed by atoms with Gasteiger partial charge in [-0.2, -0.15) is 0 Å². The fraction of sp³-hybridized carbons (Fsp3) is 0.273. The topological polar surface area (TPSA) is 49.7 Å². The molecule has 14 heavy (non-hydrogen) atoms. The van der Waals surface area contributed by atoms with Crippen LogP contribution in [0.1, 0.15) is 12.5 Å². The molecule has 3 heteroatoms. The highest BCUT2D eigenvalue weighted by Crippen LogP contribution is 2.26. The molecule has 0 spiro atoms. The fourth-order valence-electron chi connectivity index (χ4n) is 1.58. The third-order valence-corrected chi connectivity index (χ3v) is 2.45. The minimum atomic E-state index is -1.51. The van der Waals surface area contributed by atoms with Crippen molar-refractivity contribution in [1.29, 1.82) is 0 Å². The van der Waals surface area contributed by atoms with Crippen molar-refractivity contribution in [3.63, 3.8) is 0 Å². The minimum absolute atomic E-state index is 0.260. The van der Waals surface area contributed by atoms with Crippen LogP contribution in [0.2, 0.25) is 0 Å². The maximum Gasteiger partial charge on any atom is 0.198 e. The van der Waals surface area contributed by atoms with Gasteiger partial charge in [-0.3, -0.25) is 9.79 Å². The van der Waals surface area contributed by atoms with E-state index in [1.807, 2.05) is 6.07 Å². The van der Waals surface area contributed by atoms with Gasteiger partial charge in [0.2, 0.25) is 0 Å². The molecule has 3 nitrogen and oxygen atoms in total. The van der Waals surface area contributed by atoms with Crippen LogP contribution in [0.3, 0.4) is 0 Å². The van der Waals surface area contributed by atoms with E-state index in [-0.39, 0.29) is 5.78 Å². The van der Waals surface area contributed by atoms with Crippen LogP contribution in [-0.4, -0.2) is 23.1 Å². The van der Waals surface area contributed by atoms with E-state index in [1.165, 1.54) is 6.21 Å². The lowest BCUT2D eigenvalue weighted by molar-refractivity contribution is -0.131. The third kappa shape index (κ3) is 1.17. The second kappa shape index (κ2) is 3.03. The van der Waals surface area contributed by atoms with E-state index in [2.05, 4.69) is 4.99 Å². The third-order valence-electron chi connectivity index (χ3n) is 2.45. The number of aliphatic hydroxyl groups is 1. The summed E-state index contributed by atoms with van der Waals surface area (Å²) in [6.45, 7) is 1.68. The summed E-state index contributed by atoms with van der Waals surface area (Å²) < 4.78 is 0. The quantitative estimate of drug-likeness (QED) is 0.714. The van der Waals surface area contributed by atoms with E-state index in [0.717, 1.165) is 0 Å². The van der Waals surface area contributed by atoms with Crippen LogP contribution in [0.15, 0.2) is 35.3 Å². The zero-order valence-electron chi connectivity index (χ0n) is 7.84. The molecule has 72 valence electrons. The van der Waals surface area contributed by atoms with Gasteiger partial charge in [0.1, 0.15) is 6.04 Å². The molecule has 1 aliphatic rings. The first kappa shape index (κ1) is 9.09. The van der Waals surface area contributed by atoms with Crippen molar-refractivity contribution in [2.45, 2.75) is 18.6 Å². The van der Waals surface area contributed by atoms with Gasteiger partial charge in [-0.05, 0) is 12.5 Å². The number of hydrogen-bond acceptors (Lipinski definition) is 3. The van der Waals surface area contributed by atoms with Crippen molar-refractivity contribution in [1.82, 2.24) is 0 Å². The Kier molecular flexibility index (Phi) is 1.97. The summed E-state index contributed by atoms with van der Waals surface area (Å²) in [6.07, 6.45) is 1.33. The first-order valence-corrected chi connectivity index (χ1v) is 4.51. The summed E-state index contributed by atoms with van der Waals surface area (Å²) in [6, 6.07) is 8.42. The summed E-state index contributed by atoms with van der Waals surface area (Å²) in [5, 5.41) is 10.1. The lowest BCUT2D eigenvalue weighted by Gasteiger charge is -2.18. The zero-order valence-corrected chi connectivity index (χ0v) is 7.84. The molecule has 1 aromatic rings. The fourth-order valence-corrected chi connectivity index (χ4v) is 1.58. The molecule has 2 unspecified atom stereocenters. The van der Waals surface area contributed by atoms with Gasteiger partial charge in [-0.1, -0.05) is 30.3 Å². The van der Waals surface area contributed by atoms with E-state index in [9.17, 15) is 9.90 Å². The molecule has 1 N–H and O–H groups in total. The molecule has 2 atom stereocenters. The first-order chi connectivity index (χ1) is 6.64. The number of Topliss-reactive ketones (excluding diaryl/α,β-unsaturated/α-hetero) is 1. The Balaban J connectivity index is 2.45. The highest BCUT2D eigenvalue weighted by atomic mass is 16.3. The predicted octanol–water partition coefficient (Wildman–Crippen LogP) is 0.916. The van der Waals surface area contributed by atoms with Crippen molar-refractivity contribution >= 4 is 12.0 Å². The molecular formula is C11H11NO2. The van der Waals surface area contributed by atoms with Crippen LogP contribution in [0, 0.1) is 0 Å². The van der Waals surface area contributed by atoms with Crippen molar-refractivity contribution < 1.29 is 9.90 Å². The van der Waals surface area contributed by atoms with E-state index in [0.29, 0.717) is 5.56 Å². The number of benzene rings is 1. The average Bonchev–Trinajstić information content (AvgIpc) is 2.49. The SMILES string of the molecule is CC1N=CC(O)(c2ccccc2)C1=O. The smallest absolute Gasteiger partial charge is 0.198 e. The molecule has 0 bridgehead atoms. The van der Waals surface area contributed by atoms with E-state index >= 15 is 0 Å². The molecule has 1 heterocycles. The molecule has 0 aliphatic carbocycles. The van der Waals surface area contributed by atoms with Crippen LogP contribution in [0.25, 0.3) is 0 Å². The Labute approximate surface area is 82.1 Å². The molecular weight excluding hydrogens is 178 g/mol. The number of hydrogen-bond donors (Lipinski definition) is 1. The molecule has 0 radical (unpaired) electrons. The molecule has 0 amide bonds. The van der Waals surface area contributed by atoms with Crippen LogP contribution in [0.4, 0.5) is 0 Å². The number of carbonyl (C=O) groups excluding carboxylic acids is 1. The second-order valence-corrected chi connectivity index (χ2v) is 3.45. The van der Waals surface area contributed by atoms with Crippen LogP contribution < -0.4 is 0 Å². The van der Waals surface area contributed by atoms with E-state index in [1.54, 1.807) is 31.2 Å². The Morgan fingerprint density at radius 1 is 1.36 bits per heavy atom. The highest BCUT2D eigenvalue weighted by Gasteiger charge is 2.42. The summed E-state index contributed by atoms with van der Waals surface area (Å²) in [7, 11) is 0. The number of nitrogens with zero attached hydrogens (tertiary/aromatic N) is 1. The average molecular weight is 189 g/mol. The largest absolute Gasteiger partial charge is 0.372 e. The van der Waals surface area contributed by atoms with E-state index < -0.39 is 11.6 Å². The Morgan fingerprint density at radius 2 is 2.00 bits per heavy atom. The van der Waals surface area contributed by atoms with Crippen LogP contribution in [0.5, 0.6) is 0 Å². The van der Waals surface area contributed by atoms with Crippen LogP contribution >= 0.6 is 0 Å². The van der Waals surface area contributed by atoms with Gasteiger partial charge in [0, 0.05) is 6.21 Å². The predicted molar refractivity (Wildman–Crippen MR) is 53.3 cm³/mol. The normalized spacial score (nSPS) is 31.0. The number of rotatable bonds is 1. The Morgan fingerprint density at radius 3 is 2.50 bits per heavy atom. The summed E-state index contributed by atoms with van der Waals surface area (Å²) >= 11 is 0. The van der Waals surface area contributed by atoms with E-state index in [4.69, 9.17) is 0 Å². The molecule has 0 saturated carbocycles. The van der Waals surface area contributed by atoms with Crippen molar-refractivity contribution in [3.05, 3.63) is 35.9 Å². The Hall–Kier alpha value is -1.48. The van der Waals surface area contributed by atoms with Crippen molar-refractivity contribution in [2.24, 2.45) is 4.99 Å². The van der Waals surface area contributed by atoms with Gasteiger partial charge < -0.3 is 5.11 Å². The van der Waals surface area contributed by atoms with Gasteiger partial charge in [0.25, 0.3) is 0 Å². The highest BCUT2D eigenvalue weighted by molar-refractivity contribution is 6.10. The van der Waals surface area contributed by atoms with Crippen LogP contribution in [-0.2, 0) is 10.4 Å². The number of ketones is 1. The molecule has 0 fully saturated rings. The lowest BCUT2D eigenvalue weighted by atomic mass is 9.90. The summed E-state index contributed by atoms with van der Waals surface area (Å²) in [4.78, 5) is 15.6. The Bertz CT molecular complexity index is 386. The molecule has 0 aromatic heterocycles. The van der Waals surface area contributed by atoms with Gasteiger partial charge >= 0.3 is 0 Å². The minimum Gasteiger partial charge on any atom is -0.372 e. The van der Waals surface area contributed by atoms with Crippen molar-refractivity contribution in [2.75, 3.05) is 0 Å².